The Balaban J connectivity index is 0.00000242. The molecule has 1 N–H and O–H groups in total. The van der Waals surface area contributed by atoms with Crippen LogP contribution >= 0.6 is 12.4 Å². The van der Waals surface area contributed by atoms with Crippen LogP contribution in [-0.4, -0.2) is 49.6 Å². The Bertz CT molecular complexity index is 482. The summed E-state index contributed by atoms with van der Waals surface area (Å²) in [7, 11) is 1.34. The van der Waals surface area contributed by atoms with Crippen molar-refractivity contribution < 1.29 is 14.3 Å². The van der Waals surface area contributed by atoms with Crippen LogP contribution in [-0.2, 0) is 20.7 Å². The molecule has 1 amide bonds. The van der Waals surface area contributed by atoms with E-state index in [0.29, 0.717) is 6.54 Å². The van der Waals surface area contributed by atoms with Crippen molar-refractivity contribution in [2.45, 2.75) is 25.3 Å². The number of rotatable bonds is 6. The van der Waals surface area contributed by atoms with Gasteiger partial charge in [0.1, 0.15) is 0 Å². The highest BCUT2D eigenvalue weighted by Gasteiger charge is 2.29. The number of nitrogens with zero attached hydrogens (tertiary/aromatic N) is 1. The number of aryl methyl sites for hydroxylation is 1. The number of esters is 1. The van der Waals surface area contributed by atoms with E-state index >= 15 is 0 Å². The molecule has 1 aliphatic rings. The molecule has 0 saturated carbocycles. The highest BCUT2D eigenvalue weighted by atomic mass is 35.5. The first-order valence-electron chi connectivity index (χ1n) is 7.33. The Kier molecular flexibility index (Phi) is 7.91. The summed E-state index contributed by atoms with van der Waals surface area (Å²) in [5, 5.41) is 3.08. The minimum Gasteiger partial charge on any atom is -0.469 e. The molecule has 5 nitrogen and oxygen atoms in total. The summed E-state index contributed by atoms with van der Waals surface area (Å²) in [5.74, 6) is -0.355. The first kappa shape index (κ1) is 18.5. The summed E-state index contributed by atoms with van der Waals surface area (Å²) in [4.78, 5) is 25.4. The number of methoxy groups -OCH3 is 1. The molecule has 1 unspecified atom stereocenters. The van der Waals surface area contributed by atoms with Crippen molar-refractivity contribution in [3.63, 3.8) is 0 Å². The predicted molar refractivity (Wildman–Crippen MR) is 87.0 cm³/mol. The fraction of sp³-hybridized carbons (Fsp3) is 0.500. The molecule has 0 spiro atoms. The number of carbonyl (C=O) groups is 2. The van der Waals surface area contributed by atoms with Crippen LogP contribution < -0.4 is 5.32 Å². The summed E-state index contributed by atoms with van der Waals surface area (Å²) >= 11 is 0. The molecule has 1 atom stereocenters. The van der Waals surface area contributed by atoms with Gasteiger partial charge in [-0.05, 0) is 18.4 Å². The van der Waals surface area contributed by atoms with Crippen molar-refractivity contribution in [3.8, 4) is 0 Å². The first-order valence-corrected chi connectivity index (χ1v) is 7.33. The number of halogens is 1. The van der Waals surface area contributed by atoms with Crippen LogP contribution in [0.2, 0.25) is 0 Å². The van der Waals surface area contributed by atoms with Crippen molar-refractivity contribution in [1.29, 1.82) is 0 Å². The van der Waals surface area contributed by atoms with Gasteiger partial charge in [-0.25, -0.2) is 0 Å². The maximum absolute atomic E-state index is 12.3. The Morgan fingerprint density at radius 1 is 1.36 bits per heavy atom. The van der Waals surface area contributed by atoms with E-state index < -0.39 is 6.04 Å². The molecule has 0 radical (unpaired) electrons. The van der Waals surface area contributed by atoms with E-state index in [1.807, 2.05) is 23.1 Å². The highest BCUT2D eigenvalue weighted by molar-refractivity contribution is 5.87. The predicted octanol–water partition coefficient (Wildman–Crippen LogP) is 1.40. The number of benzene rings is 1. The average molecular weight is 327 g/mol. The number of amides is 1. The maximum atomic E-state index is 12.3. The van der Waals surface area contributed by atoms with Crippen molar-refractivity contribution >= 4 is 24.3 Å². The molecule has 0 bridgehead atoms. The summed E-state index contributed by atoms with van der Waals surface area (Å²) < 4.78 is 4.63. The number of carbonyl (C=O) groups excluding carboxylic acids is 2. The summed E-state index contributed by atoms with van der Waals surface area (Å²) in [5.41, 5.74) is 1.28. The number of hydrogen-bond acceptors (Lipinski definition) is 4. The van der Waals surface area contributed by atoms with Crippen molar-refractivity contribution in [2.75, 3.05) is 26.7 Å². The molecular weight excluding hydrogens is 304 g/mol. The average Bonchev–Trinajstić information content (AvgIpc) is 2.52. The molecular formula is C16H23ClN2O3. The number of ether oxygens (including phenoxy) is 1. The van der Waals surface area contributed by atoms with E-state index in [1.165, 1.54) is 12.7 Å². The highest BCUT2D eigenvalue weighted by Crippen LogP contribution is 2.09. The summed E-state index contributed by atoms with van der Waals surface area (Å²) in [6.45, 7) is 2.15. The fourth-order valence-corrected chi connectivity index (χ4v) is 2.54. The molecule has 1 aromatic rings. The summed E-state index contributed by atoms with van der Waals surface area (Å²) in [6, 6.07) is 9.80. The lowest BCUT2D eigenvalue weighted by atomic mass is 10.1. The topological polar surface area (TPSA) is 58.6 Å². The quantitative estimate of drug-likeness (QED) is 0.803. The fourth-order valence-electron chi connectivity index (χ4n) is 2.54. The smallest absolute Gasteiger partial charge is 0.307 e. The third-order valence-corrected chi connectivity index (χ3v) is 3.72. The zero-order chi connectivity index (χ0) is 15.1. The van der Waals surface area contributed by atoms with Gasteiger partial charge in [-0.3, -0.25) is 9.59 Å². The van der Waals surface area contributed by atoms with E-state index in [9.17, 15) is 9.59 Å². The number of piperazine rings is 1. The van der Waals surface area contributed by atoms with E-state index in [4.69, 9.17) is 0 Å². The number of nitrogens with one attached hydrogen (secondary N) is 1. The third-order valence-electron chi connectivity index (χ3n) is 3.72. The molecule has 1 aliphatic heterocycles. The molecule has 1 fully saturated rings. The second-order valence-electron chi connectivity index (χ2n) is 5.20. The van der Waals surface area contributed by atoms with Crippen LogP contribution in [0, 0.1) is 0 Å². The van der Waals surface area contributed by atoms with Gasteiger partial charge in [-0.15, -0.1) is 12.4 Å². The molecule has 2 rings (SSSR count). The molecule has 1 heterocycles. The minimum absolute atomic E-state index is 0. The van der Waals surface area contributed by atoms with E-state index in [1.54, 1.807) is 0 Å². The zero-order valence-electron chi connectivity index (χ0n) is 12.8. The monoisotopic (exact) mass is 326 g/mol. The van der Waals surface area contributed by atoms with Gasteiger partial charge in [0.05, 0.1) is 19.6 Å². The Labute approximate surface area is 137 Å². The van der Waals surface area contributed by atoms with Gasteiger partial charge in [0, 0.05) is 19.6 Å². The maximum Gasteiger partial charge on any atom is 0.307 e. The van der Waals surface area contributed by atoms with E-state index in [0.717, 1.165) is 25.9 Å². The van der Waals surface area contributed by atoms with Gasteiger partial charge in [0.15, 0.2) is 0 Å². The van der Waals surface area contributed by atoms with Crippen LogP contribution in [0.3, 0.4) is 0 Å². The standard InChI is InChI=1S/C16H22N2O3.ClH/c1-21-15(19)12-14-16(20)18(11-9-17-14)10-5-8-13-6-3-2-4-7-13;/h2-4,6-7,14,17H,5,8-12H2,1H3;1H. The Morgan fingerprint density at radius 2 is 2.09 bits per heavy atom. The molecule has 6 heteroatoms. The van der Waals surface area contributed by atoms with Crippen molar-refractivity contribution in [1.82, 2.24) is 10.2 Å². The van der Waals surface area contributed by atoms with Crippen LogP contribution in [0.1, 0.15) is 18.4 Å². The minimum atomic E-state index is -0.442. The van der Waals surface area contributed by atoms with Gasteiger partial charge < -0.3 is 15.0 Å². The van der Waals surface area contributed by atoms with Gasteiger partial charge in [0.25, 0.3) is 0 Å². The Morgan fingerprint density at radius 3 is 2.77 bits per heavy atom. The lowest BCUT2D eigenvalue weighted by Gasteiger charge is -2.32. The lowest BCUT2D eigenvalue weighted by Crippen LogP contribution is -2.55. The second-order valence-corrected chi connectivity index (χ2v) is 5.20. The van der Waals surface area contributed by atoms with Crippen LogP contribution in [0.4, 0.5) is 0 Å². The van der Waals surface area contributed by atoms with Crippen LogP contribution in [0.25, 0.3) is 0 Å². The first-order chi connectivity index (χ1) is 10.2. The van der Waals surface area contributed by atoms with Crippen molar-refractivity contribution in [3.05, 3.63) is 35.9 Å². The van der Waals surface area contributed by atoms with Crippen molar-refractivity contribution in [2.24, 2.45) is 0 Å². The van der Waals surface area contributed by atoms with Gasteiger partial charge >= 0.3 is 5.97 Å². The van der Waals surface area contributed by atoms with E-state index in [-0.39, 0.29) is 30.7 Å². The molecule has 1 saturated heterocycles. The van der Waals surface area contributed by atoms with Gasteiger partial charge in [-0.2, -0.15) is 0 Å². The van der Waals surface area contributed by atoms with Gasteiger partial charge in [0.2, 0.25) is 5.91 Å². The van der Waals surface area contributed by atoms with E-state index in [2.05, 4.69) is 22.2 Å². The molecule has 22 heavy (non-hydrogen) atoms. The van der Waals surface area contributed by atoms with Gasteiger partial charge in [-0.1, -0.05) is 30.3 Å². The lowest BCUT2D eigenvalue weighted by molar-refractivity contribution is -0.146. The molecule has 122 valence electrons. The molecule has 1 aromatic carbocycles. The molecule has 0 aliphatic carbocycles. The normalized spacial score (nSPS) is 17.8. The third kappa shape index (κ3) is 5.31. The summed E-state index contributed by atoms with van der Waals surface area (Å²) in [6.07, 6.45) is 1.99. The van der Waals surface area contributed by atoms with Crippen LogP contribution in [0.15, 0.2) is 30.3 Å². The number of hydrogen-bond donors (Lipinski definition) is 1. The SMILES string of the molecule is COC(=O)CC1NCCN(CCCc2ccccc2)C1=O.Cl. The van der Waals surface area contributed by atoms with Crippen LogP contribution in [0.5, 0.6) is 0 Å². The Hall–Kier alpha value is -1.59. The zero-order valence-corrected chi connectivity index (χ0v) is 13.6. The largest absolute Gasteiger partial charge is 0.469 e. The second kappa shape index (κ2) is 9.43. The molecule has 0 aromatic heterocycles.